The zero-order valence-corrected chi connectivity index (χ0v) is 9.44. The number of hydrogen-bond acceptors (Lipinski definition) is 7. The van der Waals surface area contributed by atoms with Crippen LogP contribution in [-0.2, 0) is 23.8 Å². The Morgan fingerprint density at radius 1 is 1.33 bits per heavy atom. The van der Waals surface area contributed by atoms with Crippen LogP contribution >= 0.6 is 0 Å². The molecule has 0 spiro atoms. The SMILES string of the molecule is O=S(=O)(O[C@@]1(O)CO[C@@H]2[C@H](O)CO[C@@H]21)C(F)(F)F. The van der Waals surface area contributed by atoms with Gasteiger partial charge in [0.15, 0.2) is 0 Å². The van der Waals surface area contributed by atoms with Crippen molar-refractivity contribution in [1.82, 2.24) is 0 Å². The number of aliphatic hydroxyl groups is 2. The number of halogens is 3. The maximum absolute atomic E-state index is 12.1. The van der Waals surface area contributed by atoms with Crippen LogP contribution in [0.2, 0.25) is 0 Å². The first kappa shape index (κ1) is 14.0. The molecule has 0 aliphatic carbocycles. The van der Waals surface area contributed by atoms with Crippen molar-refractivity contribution in [2.24, 2.45) is 0 Å². The van der Waals surface area contributed by atoms with Gasteiger partial charge in [-0.15, -0.1) is 0 Å². The van der Waals surface area contributed by atoms with E-state index in [1.165, 1.54) is 0 Å². The maximum atomic E-state index is 12.1. The maximum Gasteiger partial charge on any atom is 0.523 e. The Morgan fingerprint density at radius 3 is 2.50 bits per heavy atom. The lowest BCUT2D eigenvalue weighted by Crippen LogP contribution is -2.49. The van der Waals surface area contributed by atoms with Crippen LogP contribution in [0, 0.1) is 0 Å². The Labute approximate surface area is 99.2 Å². The highest BCUT2D eigenvalue weighted by atomic mass is 32.2. The molecule has 0 aromatic carbocycles. The average molecular weight is 294 g/mol. The highest BCUT2D eigenvalue weighted by Gasteiger charge is 2.62. The van der Waals surface area contributed by atoms with E-state index in [-0.39, 0.29) is 6.61 Å². The molecule has 4 atom stereocenters. The third-order valence-electron chi connectivity index (χ3n) is 2.59. The van der Waals surface area contributed by atoms with E-state index in [0.29, 0.717) is 0 Å². The first-order valence-corrected chi connectivity index (χ1v) is 6.13. The Hall–Kier alpha value is -0.460. The van der Waals surface area contributed by atoms with Crippen LogP contribution in [0.3, 0.4) is 0 Å². The lowest BCUT2D eigenvalue weighted by molar-refractivity contribution is -0.197. The molecule has 106 valence electrons. The minimum Gasteiger partial charge on any atom is -0.388 e. The molecule has 2 rings (SSSR count). The monoisotopic (exact) mass is 294 g/mol. The van der Waals surface area contributed by atoms with Gasteiger partial charge >= 0.3 is 15.6 Å². The minimum absolute atomic E-state index is 0.299. The molecular weight excluding hydrogens is 285 g/mol. The van der Waals surface area contributed by atoms with Gasteiger partial charge < -0.3 is 19.7 Å². The van der Waals surface area contributed by atoms with Crippen LogP contribution in [0.25, 0.3) is 0 Å². The number of fused-ring (bicyclic) bond motifs is 1. The Morgan fingerprint density at radius 2 is 1.94 bits per heavy atom. The van der Waals surface area contributed by atoms with Crippen LogP contribution in [0.5, 0.6) is 0 Å². The van der Waals surface area contributed by atoms with E-state index in [9.17, 15) is 31.8 Å². The molecule has 0 bridgehead atoms. The fourth-order valence-corrected chi connectivity index (χ4v) is 2.40. The first-order valence-electron chi connectivity index (χ1n) is 4.72. The lowest BCUT2D eigenvalue weighted by atomic mass is 10.1. The van der Waals surface area contributed by atoms with Crippen molar-refractivity contribution in [2.45, 2.75) is 29.6 Å². The summed E-state index contributed by atoms with van der Waals surface area (Å²) in [5.41, 5.74) is -5.67. The van der Waals surface area contributed by atoms with Crippen molar-refractivity contribution in [3.63, 3.8) is 0 Å². The van der Waals surface area contributed by atoms with Gasteiger partial charge in [0.1, 0.15) is 24.9 Å². The number of aliphatic hydroxyl groups excluding tert-OH is 1. The normalized spacial score (nSPS) is 41.1. The summed E-state index contributed by atoms with van der Waals surface area (Å²) in [6.07, 6.45) is -3.79. The average Bonchev–Trinajstić information content (AvgIpc) is 2.68. The number of ether oxygens (including phenoxy) is 2. The van der Waals surface area contributed by atoms with Gasteiger partial charge in [0.05, 0.1) is 6.61 Å². The summed E-state index contributed by atoms with van der Waals surface area (Å²) in [5.74, 6) is -2.80. The Balaban J connectivity index is 2.20. The molecule has 0 saturated carbocycles. The van der Waals surface area contributed by atoms with Crippen LogP contribution in [0.15, 0.2) is 0 Å². The molecule has 0 unspecified atom stereocenters. The minimum atomic E-state index is -5.99. The van der Waals surface area contributed by atoms with E-state index < -0.39 is 46.3 Å². The Bertz CT molecular complexity index is 435. The van der Waals surface area contributed by atoms with Crippen LogP contribution in [0.4, 0.5) is 13.2 Å². The standard InChI is InChI=1S/C7H9F3O7S/c8-7(9,10)18(13,14)17-6(12)2-16-4-3(11)1-15-5(4)6/h3-5,11-12H,1-2H2/t3-,4-,5+,6+/m1/s1. The molecule has 2 heterocycles. The van der Waals surface area contributed by atoms with Crippen molar-refractivity contribution in [1.29, 1.82) is 0 Å². The van der Waals surface area contributed by atoms with E-state index in [4.69, 9.17) is 9.47 Å². The summed E-state index contributed by atoms with van der Waals surface area (Å²) in [6, 6.07) is 0. The zero-order chi connectivity index (χ0) is 13.8. The summed E-state index contributed by atoms with van der Waals surface area (Å²) in [4.78, 5) is 0. The molecule has 2 N–H and O–H groups in total. The van der Waals surface area contributed by atoms with Gasteiger partial charge in [-0.2, -0.15) is 21.6 Å². The van der Waals surface area contributed by atoms with E-state index in [2.05, 4.69) is 4.18 Å². The van der Waals surface area contributed by atoms with Crippen LogP contribution < -0.4 is 0 Å². The molecule has 2 saturated heterocycles. The smallest absolute Gasteiger partial charge is 0.388 e. The fourth-order valence-electron chi connectivity index (χ4n) is 1.79. The van der Waals surface area contributed by atoms with Crippen LogP contribution in [-0.4, -0.2) is 61.5 Å². The molecule has 2 fully saturated rings. The van der Waals surface area contributed by atoms with Gasteiger partial charge in [0, 0.05) is 0 Å². The van der Waals surface area contributed by atoms with Gasteiger partial charge in [-0.25, -0.2) is 4.18 Å². The van der Waals surface area contributed by atoms with Crippen molar-refractivity contribution >= 4 is 10.1 Å². The molecule has 18 heavy (non-hydrogen) atoms. The zero-order valence-electron chi connectivity index (χ0n) is 8.62. The quantitative estimate of drug-likeness (QED) is 0.371. The van der Waals surface area contributed by atoms with Crippen molar-refractivity contribution in [3.05, 3.63) is 0 Å². The van der Waals surface area contributed by atoms with E-state index >= 15 is 0 Å². The molecule has 0 amide bonds. The molecule has 2 aliphatic heterocycles. The third kappa shape index (κ3) is 2.10. The Kier molecular flexibility index (Phi) is 3.11. The van der Waals surface area contributed by atoms with Crippen LogP contribution in [0.1, 0.15) is 0 Å². The lowest BCUT2D eigenvalue weighted by Gasteiger charge is -2.26. The largest absolute Gasteiger partial charge is 0.523 e. The van der Waals surface area contributed by atoms with Gasteiger partial charge in [-0.1, -0.05) is 0 Å². The van der Waals surface area contributed by atoms with E-state index in [1.54, 1.807) is 0 Å². The topological polar surface area (TPSA) is 102 Å². The van der Waals surface area contributed by atoms with E-state index in [0.717, 1.165) is 0 Å². The molecular formula is C7H9F3O7S. The number of hydrogen-bond donors (Lipinski definition) is 2. The summed E-state index contributed by atoms with van der Waals surface area (Å²) in [7, 11) is -5.99. The molecule has 0 aromatic rings. The molecule has 0 aromatic heterocycles. The number of alkyl halides is 3. The molecule has 7 nitrogen and oxygen atoms in total. The fraction of sp³-hybridized carbons (Fsp3) is 1.00. The van der Waals surface area contributed by atoms with Gasteiger partial charge in [-0.3, -0.25) is 0 Å². The van der Waals surface area contributed by atoms with Gasteiger partial charge in [0.2, 0.25) is 5.79 Å². The first-order chi connectivity index (χ1) is 8.07. The third-order valence-corrected chi connectivity index (χ3v) is 3.66. The predicted octanol–water partition coefficient (Wildman–Crippen LogP) is -1.30. The molecule has 11 heteroatoms. The van der Waals surface area contributed by atoms with Crippen molar-refractivity contribution in [2.75, 3.05) is 13.2 Å². The molecule has 2 aliphatic rings. The second kappa shape index (κ2) is 4.02. The van der Waals surface area contributed by atoms with E-state index in [1.807, 2.05) is 0 Å². The van der Waals surface area contributed by atoms with Crippen molar-refractivity contribution < 1.29 is 45.5 Å². The summed E-state index contributed by atoms with van der Waals surface area (Å²) in [6.45, 7) is -1.15. The second-order valence-electron chi connectivity index (χ2n) is 3.92. The summed E-state index contributed by atoms with van der Waals surface area (Å²) >= 11 is 0. The summed E-state index contributed by atoms with van der Waals surface area (Å²) in [5, 5.41) is 19.0. The van der Waals surface area contributed by atoms with Gasteiger partial charge in [0.25, 0.3) is 0 Å². The second-order valence-corrected chi connectivity index (χ2v) is 5.46. The van der Waals surface area contributed by atoms with Crippen molar-refractivity contribution in [3.8, 4) is 0 Å². The molecule has 0 radical (unpaired) electrons. The summed E-state index contributed by atoms with van der Waals surface area (Å²) < 4.78 is 71.3. The van der Waals surface area contributed by atoms with Gasteiger partial charge in [-0.05, 0) is 0 Å². The highest BCUT2D eigenvalue weighted by molar-refractivity contribution is 7.87. The highest BCUT2D eigenvalue weighted by Crippen LogP contribution is 2.38. The predicted molar refractivity (Wildman–Crippen MR) is 46.5 cm³/mol. The number of rotatable bonds is 2.